The fourth-order valence-corrected chi connectivity index (χ4v) is 5.10. The van der Waals surface area contributed by atoms with E-state index in [2.05, 4.69) is 50.3 Å². The highest BCUT2D eigenvalue weighted by atomic mass is 35.5. The highest BCUT2D eigenvalue weighted by Crippen LogP contribution is 2.35. The summed E-state index contributed by atoms with van der Waals surface area (Å²) < 4.78 is 0. The average Bonchev–Trinajstić information content (AvgIpc) is 2.95. The monoisotopic (exact) mass is 493 g/mol. The molecule has 0 unspecified atom stereocenters. The van der Waals surface area contributed by atoms with Crippen molar-refractivity contribution >= 4 is 51.8 Å². The molecule has 0 radical (unpaired) electrons. The van der Waals surface area contributed by atoms with Crippen molar-refractivity contribution in [3.05, 3.63) is 52.9 Å². The van der Waals surface area contributed by atoms with Crippen LogP contribution >= 0.6 is 23.8 Å². The maximum Gasteiger partial charge on any atom is 0.227 e. The zero-order valence-electron chi connectivity index (χ0n) is 19.6. The summed E-state index contributed by atoms with van der Waals surface area (Å²) >= 11 is 11.7. The van der Waals surface area contributed by atoms with E-state index in [9.17, 15) is 0 Å². The van der Waals surface area contributed by atoms with Crippen molar-refractivity contribution in [3.63, 3.8) is 0 Å². The van der Waals surface area contributed by atoms with Crippen LogP contribution < -0.4 is 15.5 Å². The molecule has 3 aromatic rings. The second-order valence-corrected chi connectivity index (χ2v) is 9.79. The van der Waals surface area contributed by atoms with Crippen LogP contribution in [-0.4, -0.2) is 57.1 Å². The van der Waals surface area contributed by atoms with Crippen molar-refractivity contribution in [2.24, 2.45) is 0 Å². The van der Waals surface area contributed by atoms with Gasteiger partial charge in [0.25, 0.3) is 0 Å². The van der Waals surface area contributed by atoms with Crippen LogP contribution in [0.3, 0.4) is 0 Å². The second kappa shape index (κ2) is 9.44. The lowest BCUT2D eigenvalue weighted by Gasteiger charge is -2.40. The number of anilines is 4. The number of benzene rings is 1. The van der Waals surface area contributed by atoms with Crippen molar-refractivity contribution in [2.75, 3.05) is 41.7 Å². The van der Waals surface area contributed by atoms with Gasteiger partial charge in [0.2, 0.25) is 5.95 Å². The molecule has 9 heteroatoms. The smallest absolute Gasteiger partial charge is 0.227 e. The van der Waals surface area contributed by atoms with Crippen LogP contribution in [0.25, 0.3) is 11.3 Å². The molecule has 0 amide bonds. The number of likely N-dealkylation sites (N-methyl/N-ethyl adjacent to an activating group) is 1. The van der Waals surface area contributed by atoms with Crippen molar-refractivity contribution in [3.8, 4) is 11.3 Å². The van der Waals surface area contributed by atoms with Crippen LogP contribution in [0.4, 0.5) is 23.0 Å². The van der Waals surface area contributed by atoms with Gasteiger partial charge in [-0.1, -0.05) is 30.7 Å². The van der Waals surface area contributed by atoms with Gasteiger partial charge in [-0.15, -0.1) is 0 Å². The Labute approximate surface area is 210 Å². The van der Waals surface area contributed by atoms with E-state index in [4.69, 9.17) is 28.8 Å². The van der Waals surface area contributed by atoms with Crippen molar-refractivity contribution in [1.82, 2.24) is 19.9 Å². The summed E-state index contributed by atoms with van der Waals surface area (Å²) in [5, 5.41) is 7.34. The fourth-order valence-electron chi connectivity index (χ4n) is 4.66. The first-order valence-electron chi connectivity index (χ1n) is 11.6. The molecule has 34 heavy (non-hydrogen) atoms. The van der Waals surface area contributed by atoms with Crippen LogP contribution in [0.15, 0.2) is 36.7 Å². The molecule has 0 bridgehead atoms. The first-order chi connectivity index (χ1) is 16.4. The first kappa shape index (κ1) is 23.0. The van der Waals surface area contributed by atoms with E-state index >= 15 is 0 Å². The van der Waals surface area contributed by atoms with Crippen molar-refractivity contribution in [2.45, 2.75) is 33.2 Å². The molecule has 0 saturated carbocycles. The van der Waals surface area contributed by atoms with Crippen LogP contribution in [0.2, 0.25) is 5.02 Å². The number of hydrogen-bond acceptors (Lipinski definition) is 7. The topological polar surface area (TPSA) is 69.2 Å². The lowest BCUT2D eigenvalue weighted by Crippen LogP contribution is -2.51. The number of nitrogens with one attached hydrogen (secondary N) is 2. The minimum absolute atomic E-state index is 0.512. The molecule has 1 fully saturated rings. The number of halogens is 1. The maximum absolute atomic E-state index is 6.22. The molecule has 1 atom stereocenters. The Hall–Kier alpha value is -2.81. The van der Waals surface area contributed by atoms with Crippen LogP contribution in [0, 0.1) is 6.92 Å². The molecule has 1 aromatic carbocycles. The van der Waals surface area contributed by atoms with Gasteiger partial charge < -0.3 is 15.5 Å². The third-order valence-corrected chi connectivity index (χ3v) is 7.06. The molecule has 0 spiro atoms. The first-order valence-corrected chi connectivity index (χ1v) is 12.4. The molecule has 2 aliphatic rings. The second-order valence-electron chi connectivity index (χ2n) is 8.86. The summed E-state index contributed by atoms with van der Waals surface area (Å²) in [6.07, 6.45) is 4.38. The van der Waals surface area contributed by atoms with Crippen molar-refractivity contribution in [1.29, 1.82) is 0 Å². The van der Waals surface area contributed by atoms with E-state index in [1.165, 1.54) is 0 Å². The Bertz CT molecular complexity index is 1250. The van der Waals surface area contributed by atoms with Gasteiger partial charge in [-0.3, -0.25) is 9.88 Å². The third-order valence-electron chi connectivity index (χ3n) is 6.58. The Morgan fingerprint density at radius 1 is 1.21 bits per heavy atom. The van der Waals surface area contributed by atoms with Gasteiger partial charge >= 0.3 is 0 Å². The van der Waals surface area contributed by atoms with E-state index < -0.39 is 0 Å². The molecule has 5 rings (SSSR count). The number of hydrogen-bond donors (Lipinski definition) is 2. The molecule has 0 aliphatic carbocycles. The molecular weight excluding hydrogens is 466 g/mol. The molecule has 7 nitrogen and oxygen atoms in total. The number of fused-ring (bicyclic) bond motifs is 3. The maximum atomic E-state index is 6.22. The normalized spacial score (nSPS) is 18.1. The summed E-state index contributed by atoms with van der Waals surface area (Å²) in [6, 6.07) is 8.38. The van der Waals surface area contributed by atoms with Crippen LogP contribution in [0.1, 0.15) is 25.1 Å². The van der Waals surface area contributed by atoms with E-state index in [1.807, 2.05) is 37.5 Å². The van der Waals surface area contributed by atoms with Crippen LogP contribution in [-0.2, 0) is 6.42 Å². The average molecular weight is 494 g/mol. The molecule has 2 aliphatic heterocycles. The summed E-state index contributed by atoms with van der Waals surface area (Å²) in [6.45, 7) is 10.6. The van der Waals surface area contributed by atoms with Gasteiger partial charge in [-0.25, -0.2) is 9.97 Å². The minimum atomic E-state index is 0.512. The van der Waals surface area contributed by atoms with E-state index in [0.29, 0.717) is 23.4 Å². The van der Waals surface area contributed by atoms with Gasteiger partial charge in [-0.2, -0.15) is 0 Å². The predicted molar refractivity (Wildman–Crippen MR) is 144 cm³/mol. The van der Waals surface area contributed by atoms with E-state index in [1.54, 1.807) is 0 Å². The predicted octanol–water partition coefficient (Wildman–Crippen LogP) is 5.07. The summed E-state index contributed by atoms with van der Waals surface area (Å²) in [7, 11) is 0. The zero-order valence-corrected chi connectivity index (χ0v) is 21.2. The minimum Gasteiger partial charge on any atom is -0.367 e. The number of thiocarbonyl (C=S) groups is 1. The Kier molecular flexibility index (Phi) is 6.38. The highest BCUT2D eigenvalue weighted by Gasteiger charge is 2.24. The number of aryl methyl sites for hydroxylation is 1. The number of aromatic nitrogens is 3. The Morgan fingerprint density at radius 2 is 2.06 bits per heavy atom. The molecule has 2 N–H and O–H groups in total. The van der Waals surface area contributed by atoms with Gasteiger partial charge in [0.05, 0.1) is 33.9 Å². The van der Waals surface area contributed by atoms with E-state index in [-0.39, 0.29) is 0 Å². The molecular formula is C25H28ClN7S. The molecule has 176 valence electrons. The number of piperazine rings is 1. The standard InChI is InChI=1S/C25H28ClN7S/c1-4-32-7-8-33(14-15(32)2)19-11-21(16(3)27-13-19)30-25-28-12-17-9-23(34)29-22-10-18(26)5-6-20(22)24(17)31-25/h5-6,10-13,15H,4,7-9,14H2,1-3H3,(H,29,34)(H,28,30,31)/t15-/m0/s1. The number of pyridine rings is 1. The summed E-state index contributed by atoms with van der Waals surface area (Å²) in [5.41, 5.74) is 6.56. The molecule has 1 saturated heterocycles. The fraction of sp³-hybridized carbons (Fsp3) is 0.360. The lowest BCUT2D eigenvalue weighted by molar-refractivity contribution is 0.199. The van der Waals surface area contributed by atoms with Crippen molar-refractivity contribution < 1.29 is 0 Å². The molecule has 2 aromatic heterocycles. The van der Waals surface area contributed by atoms with Gasteiger partial charge in [0.1, 0.15) is 0 Å². The SMILES string of the molecule is CCN1CCN(c2cnc(C)c(Nc3ncc4c(n3)-c3ccc(Cl)cc3NC(=S)C4)c2)C[C@@H]1C. The Morgan fingerprint density at radius 3 is 2.85 bits per heavy atom. The number of nitrogens with zero attached hydrogens (tertiary/aromatic N) is 5. The highest BCUT2D eigenvalue weighted by molar-refractivity contribution is 7.80. The zero-order chi connectivity index (χ0) is 23.8. The van der Waals surface area contributed by atoms with E-state index in [0.717, 1.165) is 70.7 Å². The number of rotatable bonds is 4. The Balaban J connectivity index is 1.44. The third kappa shape index (κ3) is 4.58. The van der Waals surface area contributed by atoms with Gasteiger partial charge in [-0.05, 0) is 44.7 Å². The molecule has 4 heterocycles. The summed E-state index contributed by atoms with van der Waals surface area (Å²) in [5.74, 6) is 0.527. The van der Waals surface area contributed by atoms with Gasteiger partial charge in [0, 0.05) is 60.1 Å². The lowest BCUT2D eigenvalue weighted by atomic mass is 10.1. The van der Waals surface area contributed by atoms with Crippen LogP contribution in [0.5, 0.6) is 0 Å². The quantitative estimate of drug-likeness (QED) is 0.488. The van der Waals surface area contributed by atoms with Gasteiger partial charge in [0.15, 0.2) is 0 Å². The summed E-state index contributed by atoms with van der Waals surface area (Å²) in [4.78, 5) is 19.7. The largest absolute Gasteiger partial charge is 0.367 e.